The van der Waals surface area contributed by atoms with E-state index in [0.717, 1.165) is 10.5 Å². The number of carbonyl (C=O) groups excluding carboxylic acids is 2. The Labute approximate surface area is 162 Å². The molecule has 2 N–H and O–H groups in total. The van der Waals surface area contributed by atoms with Crippen LogP contribution < -0.4 is 10.6 Å². The Kier molecular flexibility index (Phi) is 6.18. The van der Waals surface area contributed by atoms with E-state index in [2.05, 4.69) is 10.6 Å². The van der Waals surface area contributed by atoms with Gasteiger partial charge in [0.05, 0.1) is 16.3 Å². The van der Waals surface area contributed by atoms with E-state index < -0.39 is 9.84 Å². The summed E-state index contributed by atoms with van der Waals surface area (Å²) >= 11 is 1.51. The summed E-state index contributed by atoms with van der Waals surface area (Å²) in [5.41, 5.74) is 1.46. The molecule has 2 aromatic carbocycles. The van der Waals surface area contributed by atoms with Crippen LogP contribution in [0.15, 0.2) is 58.3 Å². The molecule has 8 heteroatoms. The van der Waals surface area contributed by atoms with Crippen molar-refractivity contribution >= 4 is 39.1 Å². The fourth-order valence-corrected chi connectivity index (χ4v) is 4.82. The maximum Gasteiger partial charge on any atom is 0.225 e. The molecule has 0 fully saturated rings. The van der Waals surface area contributed by atoms with Crippen LogP contribution in [-0.2, 0) is 26.0 Å². The Morgan fingerprint density at radius 3 is 2.70 bits per heavy atom. The van der Waals surface area contributed by atoms with Crippen molar-refractivity contribution in [3.05, 3.63) is 54.1 Å². The molecule has 27 heavy (non-hydrogen) atoms. The molecule has 0 aliphatic carbocycles. The number of benzene rings is 2. The predicted octanol–water partition coefficient (Wildman–Crippen LogP) is 2.60. The quantitative estimate of drug-likeness (QED) is 0.772. The molecule has 0 spiro atoms. The molecule has 0 bridgehead atoms. The van der Waals surface area contributed by atoms with Crippen LogP contribution in [0.4, 0.5) is 5.69 Å². The second kappa shape index (κ2) is 8.58. The molecule has 6 nitrogen and oxygen atoms in total. The molecular formula is C19H20N2O4S2. The van der Waals surface area contributed by atoms with E-state index in [-0.39, 0.29) is 28.9 Å². The van der Waals surface area contributed by atoms with Gasteiger partial charge in [0.15, 0.2) is 9.84 Å². The van der Waals surface area contributed by atoms with E-state index in [0.29, 0.717) is 24.4 Å². The number of hydrogen-bond acceptors (Lipinski definition) is 5. The average molecular weight is 405 g/mol. The second-order valence-electron chi connectivity index (χ2n) is 6.14. The third-order valence-electron chi connectivity index (χ3n) is 4.10. The molecule has 2 amide bonds. The maximum atomic E-state index is 12.6. The summed E-state index contributed by atoms with van der Waals surface area (Å²) in [6.07, 6.45) is 0.274. The predicted molar refractivity (Wildman–Crippen MR) is 105 cm³/mol. The number of carbonyl (C=O) groups is 2. The minimum Gasteiger partial charge on any atom is -0.352 e. The van der Waals surface area contributed by atoms with Crippen molar-refractivity contribution in [3.8, 4) is 0 Å². The zero-order valence-electron chi connectivity index (χ0n) is 14.6. The molecule has 1 heterocycles. The first kappa shape index (κ1) is 19.4. The first-order chi connectivity index (χ1) is 12.9. The highest BCUT2D eigenvalue weighted by molar-refractivity contribution is 7.99. The summed E-state index contributed by atoms with van der Waals surface area (Å²) in [7, 11) is -3.62. The van der Waals surface area contributed by atoms with Crippen LogP contribution in [0.25, 0.3) is 0 Å². The Hall–Kier alpha value is -2.32. The highest BCUT2D eigenvalue weighted by Gasteiger charge is 2.20. The van der Waals surface area contributed by atoms with Crippen LogP contribution in [0, 0.1) is 0 Å². The molecule has 0 unspecified atom stereocenters. The van der Waals surface area contributed by atoms with Crippen LogP contribution in [0.3, 0.4) is 0 Å². The van der Waals surface area contributed by atoms with Gasteiger partial charge in [-0.15, -0.1) is 11.8 Å². The molecule has 2 aromatic rings. The van der Waals surface area contributed by atoms with E-state index in [1.807, 2.05) is 30.3 Å². The normalized spacial score (nSPS) is 14.0. The fourth-order valence-electron chi connectivity index (χ4n) is 2.62. The number of fused-ring (bicyclic) bond motifs is 1. The largest absolute Gasteiger partial charge is 0.352 e. The van der Waals surface area contributed by atoms with Crippen LogP contribution in [0.5, 0.6) is 0 Å². The smallest absolute Gasteiger partial charge is 0.225 e. The Balaban J connectivity index is 1.61. The summed E-state index contributed by atoms with van der Waals surface area (Å²) in [5, 5.41) is 5.46. The number of rotatable bonds is 6. The number of nitrogens with one attached hydrogen (secondary N) is 2. The van der Waals surface area contributed by atoms with Crippen molar-refractivity contribution < 1.29 is 18.0 Å². The van der Waals surface area contributed by atoms with Crippen LogP contribution in [0.2, 0.25) is 0 Å². The average Bonchev–Trinajstić information content (AvgIpc) is 2.85. The lowest BCUT2D eigenvalue weighted by atomic mass is 10.2. The molecule has 0 saturated heterocycles. The maximum absolute atomic E-state index is 12.6. The van der Waals surface area contributed by atoms with E-state index >= 15 is 0 Å². The van der Waals surface area contributed by atoms with Gasteiger partial charge in [-0.1, -0.05) is 30.3 Å². The number of hydrogen-bond donors (Lipinski definition) is 2. The Bertz CT molecular complexity index is 943. The van der Waals surface area contributed by atoms with Crippen molar-refractivity contribution in [2.75, 3.05) is 16.8 Å². The van der Waals surface area contributed by atoms with Crippen LogP contribution >= 0.6 is 11.8 Å². The van der Waals surface area contributed by atoms with Crippen LogP contribution in [-0.4, -0.2) is 31.7 Å². The summed E-state index contributed by atoms with van der Waals surface area (Å²) in [5.74, 6) is -0.0721. The highest BCUT2D eigenvalue weighted by Crippen LogP contribution is 2.32. The van der Waals surface area contributed by atoms with Gasteiger partial charge in [-0.25, -0.2) is 8.42 Å². The summed E-state index contributed by atoms with van der Waals surface area (Å²) < 4.78 is 25.1. The molecule has 142 valence electrons. The van der Waals surface area contributed by atoms with Crippen LogP contribution in [0.1, 0.15) is 18.4 Å². The highest BCUT2D eigenvalue weighted by atomic mass is 32.2. The molecule has 3 rings (SSSR count). The second-order valence-corrected chi connectivity index (χ2v) is 9.38. The molecule has 1 aliphatic heterocycles. The third-order valence-corrected chi connectivity index (χ3v) is 6.89. The Morgan fingerprint density at radius 2 is 1.93 bits per heavy atom. The van der Waals surface area contributed by atoms with Gasteiger partial charge in [0.25, 0.3) is 0 Å². The van der Waals surface area contributed by atoms with Gasteiger partial charge in [0.1, 0.15) is 0 Å². The van der Waals surface area contributed by atoms with Gasteiger partial charge in [-0.05, 0) is 23.8 Å². The molecule has 1 aliphatic rings. The first-order valence-corrected chi connectivity index (χ1v) is 11.2. The van der Waals surface area contributed by atoms with Crippen molar-refractivity contribution in [2.24, 2.45) is 0 Å². The van der Waals surface area contributed by atoms with E-state index in [1.54, 1.807) is 6.07 Å². The zero-order chi connectivity index (χ0) is 19.3. The fraction of sp³-hybridized carbons (Fsp3) is 0.263. The summed E-state index contributed by atoms with van der Waals surface area (Å²) in [6.45, 7) is 0.363. The van der Waals surface area contributed by atoms with Gasteiger partial charge >= 0.3 is 0 Å². The topological polar surface area (TPSA) is 92.3 Å². The van der Waals surface area contributed by atoms with E-state index in [1.165, 1.54) is 23.9 Å². The van der Waals surface area contributed by atoms with Gasteiger partial charge in [-0.2, -0.15) is 0 Å². The van der Waals surface area contributed by atoms with Gasteiger partial charge < -0.3 is 10.6 Å². The summed E-state index contributed by atoms with van der Waals surface area (Å²) in [6, 6.07) is 14.1. The minimum absolute atomic E-state index is 0.111. The van der Waals surface area contributed by atoms with Crippen molar-refractivity contribution in [1.29, 1.82) is 0 Å². The van der Waals surface area contributed by atoms with Gasteiger partial charge in [0.2, 0.25) is 11.8 Å². The first-order valence-electron chi connectivity index (χ1n) is 8.54. The molecule has 0 aromatic heterocycles. The van der Waals surface area contributed by atoms with Crippen molar-refractivity contribution in [3.63, 3.8) is 0 Å². The molecule has 0 radical (unpaired) electrons. The SMILES string of the molecule is O=C(CCS(=O)(=O)c1ccc2c(c1)NC(=O)CCS2)NCc1ccccc1. The zero-order valence-corrected chi connectivity index (χ0v) is 16.2. The van der Waals surface area contributed by atoms with E-state index in [4.69, 9.17) is 0 Å². The van der Waals surface area contributed by atoms with Gasteiger partial charge in [0, 0.05) is 30.0 Å². The summed E-state index contributed by atoms with van der Waals surface area (Å²) in [4.78, 5) is 24.6. The standard InChI is InChI=1S/C19H20N2O4S2/c22-18(20-13-14-4-2-1-3-5-14)9-11-27(24,25)15-6-7-17-16(12-15)21-19(23)8-10-26-17/h1-7,12H,8-11,13H2,(H,20,22)(H,21,23). The molecule has 0 saturated carbocycles. The number of sulfone groups is 1. The lowest BCUT2D eigenvalue weighted by Crippen LogP contribution is -2.25. The monoisotopic (exact) mass is 404 g/mol. The van der Waals surface area contributed by atoms with Crippen molar-refractivity contribution in [1.82, 2.24) is 5.32 Å². The molecule has 0 atom stereocenters. The molecular weight excluding hydrogens is 384 g/mol. The van der Waals surface area contributed by atoms with E-state index in [9.17, 15) is 18.0 Å². The lowest BCUT2D eigenvalue weighted by molar-refractivity contribution is -0.121. The Morgan fingerprint density at radius 1 is 1.15 bits per heavy atom. The van der Waals surface area contributed by atoms with Crippen molar-refractivity contribution in [2.45, 2.75) is 29.2 Å². The number of amides is 2. The lowest BCUT2D eigenvalue weighted by Gasteiger charge is -2.10. The number of thioether (sulfide) groups is 1. The minimum atomic E-state index is -3.62. The third kappa shape index (κ3) is 5.33. The van der Waals surface area contributed by atoms with Gasteiger partial charge in [-0.3, -0.25) is 9.59 Å². The number of anilines is 1.